The van der Waals surface area contributed by atoms with E-state index in [4.69, 9.17) is 5.11 Å². The zero-order valence-corrected chi connectivity index (χ0v) is 5.93. The average Bonchev–Trinajstić information content (AvgIpc) is 1.36. The van der Waals surface area contributed by atoms with Crippen LogP contribution in [0.25, 0.3) is 0 Å². The Hall–Kier alpha value is 0.260. The maximum atomic E-state index is 9.71. The van der Waals surface area contributed by atoms with Crippen LogP contribution in [0.1, 0.15) is 6.92 Å². The molecule has 0 heterocycles. The second-order valence-corrected chi connectivity index (χ2v) is 3.22. The van der Waals surface area contributed by atoms with Gasteiger partial charge in [-0.1, -0.05) is 0 Å². The molecule has 6 heavy (non-hydrogen) atoms. The van der Waals surface area contributed by atoms with Crippen LogP contribution >= 0.6 is 0 Å². The van der Waals surface area contributed by atoms with E-state index in [1.54, 1.807) is 6.92 Å². The summed E-state index contributed by atoms with van der Waals surface area (Å²) in [7, 11) is 0. The monoisotopic (exact) mass is 204 g/mol. The first-order valence-corrected chi connectivity index (χ1v) is 3.03. The number of hydrogen-bond acceptors (Lipinski definition) is 1. The van der Waals surface area contributed by atoms with Gasteiger partial charge in [0.25, 0.3) is 0 Å². The Labute approximate surface area is 49.4 Å². The molecule has 0 saturated carbocycles. The van der Waals surface area contributed by atoms with Gasteiger partial charge in [-0.25, -0.2) is 0 Å². The maximum absolute atomic E-state index is 9.71. The first kappa shape index (κ1) is 6.26. The Kier molecular flexibility index (Phi) is 2.54. The summed E-state index contributed by atoms with van der Waals surface area (Å²) in [4.78, 5) is 9.71. The van der Waals surface area contributed by atoms with E-state index in [9.17, 15) is 4.79 Å². The number of carboxylic acid groups (broad SMARTS) is 1. The van der Waals surface area contributed by atoms with Crippen molar-refractivity contribution in [3.8, 4) is 0 Å². The molecule has 0 rings (SSSR count). The summed E-state index contributed by atoms with van der Waals surface area (Å²) in [5.41, 5.74) is 0. The van der Waals surface area contributed by atoms with Crippen molar-refractivity contribution in [3.63, 3.8) is 0 Å². The van der Waals surface area contributed by atoms with Crippen LogP contribution in [0.15, 0.2) is 0 Å². The van der Waals surface area contributed by atoms with Gasteiger partial charge >= 0.3 is 49.1 Å². The molecule has 1 N–H and O–H groups in total. The zero-order chi connectivity index (χ0) is 5.15. The topological polar surface area (TPSA) is 37.3 Å². The van der Waals surface area contributed by atoms with Gasteiger partial charge in [-0.3, -0.25) is 0 Å². The van der Waals surface area contributed by atoms with Gasteiger partial charge in [0, 0.05) is 0 Å². The van der Waals surface area contributed by atoms with E-state index in [2.05, 4.69) is 0 Å². The van der Waals surface area contributed by atoms with Crippen LogP contribution in [-0.4, -0.2) is 33.4 Å². The van der Waals surface area contributed by atoms with E-state index in [0.29, 0.717) is 0 Å². The van der Waals surface area contributed by atoms with Crippen LogP contribution in [0.2, 0.25) is 3.97 Å². The fourth-order valence-electron chi connectivity index (χ4n) is 0. The molecule has 0 amide bonds. The van der Waals surface area contributed by atoms with Crippen LogP contribution in [0, 0.1) is 0 Å². The molecule has 2 nitrogen and oxygen atoms in total. The van der Waals surface area contributed by atoms with Crippen molar-refractivity contribution >= 4 is 28.3 Å². The van der Waals surface area contributed by atoms with Crippen molar-refractivity contribution in [3.05, 3.63) is 0 Å². The fraction of sp³-hybridized carbons (Fsp3) is 0.667. The summed E-state index contributed by atoms with van der Waals surface area (Å²) < 4.78 is -0.181. The van der Waals surface area contributed by atoms with Crippen LogP contribution < -0.4 is 0 Å². The Bertz CT molecular complexity index is 59.8. The normalized spacial score (nSPS) is 13.7. The van der Waals surface area contributed by atoms with E-state index in [1.807, 2.05) is 0 Å². The molecular weight excluding hydrogens is 196 g/mol. The first-order valence-electron chi connectivity index (χ1n) is 1.55. The van der Waals surface area contributed by atoms with Crippen molar-refractivity contribution in [2.45, 2.75) is 10.9 Å². The first-order chi connectivity index (χ1) is 2.64. The molecule has 0 aliphatic carbocycles. The second-order valence-electron chi connectivity index (χ2n) is 1.01. The SMILES string of the molecule is CC([TeH])C(=O)O. The number of hydrogen-bond donors (Lipinski definition) is 1. The van der Waals surface area contributed by atoms with E-state index < -0.39 is 5.97 Å². The van der Waals surface area contributed by atoms with Gasteiger partial charge < -0.3 is 0 Å². The molecule has 0 aliphatic rings. The van der Waals surface area contributed by atoms with Crippen molar-refractivity contribution in [1.29, 1.82) is 0 Å². The number of rotatable bonds is 1. The van der Waals surface area contributed by atoms with Crippen LogP contribution in [0.5, 0.6) is 0 Å². The summed E-state index contributed by atoms with van der Waals surface area (Å²) in [6, 6.07) is 0. The predicted octanol–water partition coefficient (Wildman–Crippen LogP) is -0.220. The minimum absolute atomic E-state index is 0.181. The molecule has 0 aromatic rings. The zero-order valence-electron chi connectivity index (χ0n) is 3.38. The fourth-order valence-corrected chi connectivity index (χ4v) is 0. The molecule has 0 bridgehead atoms. The van der Waals surface area contributed by atoms with Crippen molar-refractivity contribution in [2.75, 3.05) is 0 Å². The molecule has 1 unspecified atom stereocenters. The molecule has 0 spiro atoms. The Morgan fingerprint density at radius 2 is 2.17 bits per heavy atom. The van der Waals surface area contributed by atoms with Gasteiger partial charge in [-0.15, -0.1) is 0 Å². The summed E-state index contributed by atoms with van der Waals surface area (Å²) in [6.07, 6.45) is 0. The number of carboxylic acids is 1. The summed E-state index contributed by atoms with van der Waals surface area (Å²) in [5, 5.41) is 8.00. The van der Waals surface area contributed by atoms with Gasteiger partial charge in [-0.2, -0.15) is 0 Å². The molecule has 0 aromatic heterocycles. The molecule has 0 aromatic carbocycles. The van der Waals surface area contributed by atoms with E-state index >= 15 is 0 Å². The van der Waals surface area contributed by atoms with E-state index in [-0.39, 0.29) is 3.97 Å². The Morgan fingerprint density at radius 1 is 2.00 bits per heavy atom. The van der Waals surface area contributed by atoms with Crippen molar-refractivity contribution < 1.29 is 9.90 Å². The van der Waals surface area contributed by atoms with Crippen LogP contribution in [0.4, 0.5) is 0 Å². The molecule has 1 atom stereocenters. The number of aliphatic carboxylic acids is 1. The van der Waals surface area contributed by atoms with Gasteiger partial charge in [0.1, 0.15) is 0 Å². The van der Waals surface area contributed by atoms with Crippen molar-refractivity contribution in [1.82, 2.24) is 0 Å². The molecule has 3 heteroatoms. The van der Waals surface area contributed by atoms with Gasteiger partial charge in [0.15, 0.2) is 0 Å². The molecule has 0 radical (unpaired) electrons. The second kappa shape index (κ2) is 2.44. The third-order valence-electron chi connectivity index (χ3n) is 0.357. The molecule has 0 saturated heterocycles. The van der Waals surface area contributed by atoms with Gasteiger partial charge in [-0.05, 0) is 0 Å². The summed E-state index contributed by atoms with van der Waals surface area (Å²) in [5.74, 6) is -0.719. The Morgan fingerprint density at radius 3 is 2.17 bits per heavy atom. The third kappa shape index (κ3) is 2.49. The van der Waals surface area contributed by atoms with Gasteiger partial charge in [0.2, 0.25) is 0 Å². The van der Waals surface area contributed by atoms with Gasteiger partial charge in [0.05, 0.1) is 0 Å². The molecular formula is C3H6O2Te. The van der Waals surface area contributed by atoms with Crippen LogP contribution in [-0.2, 0) is 4.79 Å². The molecule has 36 valence electrons. The third-order valence-corrected chi connectivity index (χ3v) is 0.988. The summed E-state index contributed by atoms with van der Waals surface area (Å²) in [6.45, 7) is 1.66. The van der Waals surface area contributed by atoms with Crippen molar-refractivity contribution in [2.24, 2.45) is 0 Å². The summed E-state index contributed by atoms with van der Waals surface area (Å²) >= 11 is 1.32. The quantitative estimate of drug-likeness (QED) is 0.596. The predicted molar refractivity (Wildman–Crippen MR) is 24.2 cm³/mol. The standard InChI is InChI=1S/C3H6O2Te/c1-2(6)3(4)5/h2,6H,1H3,(H,4,5). The Balaban J connectivity index is 3.26. The van der Waals surface area contributed by atoms with E-state index in [0.717, 1.165) is 0 Å². The van der Waals surface area contributed by atoms with Crippen LogP contribution in [0.3, 0.4) is 0 Å². The number of carbonyl (C=O) groups is 1. The average molecular weight is 202 g/mol. The van der Waals surface area contributed by atoms with E-state index in [1.165, 1.54) is 22.3 Å². The minimum atomic E-state index is -0.719. The molecule has 0 fully saturated rings. The molecule has 0 aliphatic heterocycles.